The third-order valence-corrected chi connectivity index (χ3v) is 6.57. The zero-order valence-electron chi connectivity index (χ0n) is 17.4. The fourth-order valence-corrected chi connectivity index (χ4v) is 5.20. The fraction of sp³-hybridized carbons (Fsp3) is 0.143. The summed E-state index contributed by atoms with van der Waals surface area (Å²) in [5.74, 6) is 0. The Kier molecular flexibility index (Phi) is 3.76. The van der Waals surface area contributed by atoms with Crippen LogP contribution in [0.15, 0.2) is 84.9 Å². The number of fused-ring (bicyclic) bond motifs is 6. The normalized spacial score (nSPS) is 11.9. The molecule has 4 aromatic carbocycles. The second-order valence-electron chi connectivity index (χ2n) is 8.18. The highest BCUT2D eigenvalue weighted by Crippen LogP contribution is 2.34. The first-order valence-electron chi connectivity index (χ1n) is 10.7. The molecular weight excluding hydrogens is 364 g/mol. The predicted octanol–water partition coefficient (Wildman–Crippen LogP) is 7.05. The summed E-state index contributed by atoms with van der Waals surface area (Å²) < 4.78 is 4.73. The minimum atomic E-state index is 0.937. The first-order valence-corrected chi connectivity index (χ1v) is 10.7. The second kappa shape index (κ2) is 6.50. The van der Waals surface area contributed by atoms with Crippen LogP contribution in [0.2, 0.25) is 0 Å². The first-order chi connectivity index (χ1) is 14.8. The van der Waals surface area contributed by atoms with E-state index in [9.17, 15) is 0 Å². The van der Waals surface area contributed by atoms with Gasteiger partial charge in [0, 0.05) is 57.2 Å². The molecule has 6 rings (SSSR count). The van der Waals surface area contributed by atoms with E-state index in [1.165, 1.54) is 54.7 Å². The largest absolute Gasteiger partial charge is 0.344 e. The molecule has 0 radical (unpaired) electrons. The molecule has 146 valence electrons. The van der Waals surface area contributed by atoms with Gasteiger partial charge in [-0.05, 0) is 54.8 Å². The summed E-state index contributed by atoms with van der Waals surface area (Å²) in [6, 6.07) is 31.2. The molecule has 0 atom stereocenters. The van der Waals surface area contributed by atoms with Crippen molar-refractivity contribution in [1.82, 2.24) is 9.13 Å². The van der Waals surface area contributed by atoms with Crippen LogP contribution >= 0.6 is 0 Å². The molecule has 0 aliphatic heterocycles. The Labute approximate surface area is 176 Å². The van der Waals surface area contributed by atoms with Gasteiger partial charge >= 0.3 is 0 Å². The minimum Gasteiger partial charge on any atom is -0.344 e. The molecule has 0 unspecified atom stereocenters. The Hall–Kier alpha value is -3.52. The van der Waals surface area contributed by atoms with Crippen molar-refractivity contribution in [2.45, 2.75) is 19.9 Å². The molecule has 2 aromatic heterocycles. The molecule has 0 fully saturated rings. The summed E-state index contributed by atoms with van der Waals surface area (Å²) in [4.78, 5) is 0. The average molecular weight is 389 g/mol. The Bertz CT molecular complexity index is 1560. The predicted molar refractivity (Wildman–Crippen MR) is 128 cm³/mol. The van der Waals surface area contributed by atoms with E-state index < -0.39 is 0 Å². The van der Waals surface area contributed by atoms with Crippen LogP contribution in [-0.4, -0.2) is 9.13 Å². The van der Waals surface area contributed by atoms with E-state index in [0.29, 0.717) is 0 Å². The minimum absolute atomic E-state index is 0.937. The van der Waals surface area contributed by atoms with Crippen molar-refractivity contribution >= 4 is 43.6 Å². The Balaban J connectivity index is 1.55. The van der Waals surface area contributed by atoms with E-state index in [1.54, 1.807) is 0 Å². The molecule has 2 heterocycles. The van der Waals surface area contributed by atoms with Crippen LogP contribution in [0.5, 0.6) is 0 Å². The van der Waals surface area contributed by atoms with E-state index in [0.717, 1.165) is 13.0 Å². The molecule has 0 saturated heterocycles. The van der Waals surface area contributed by atoms with E-state index in [4.69, 9.17) is 0 Å². The molecule has 0 aliphatic carbocycles. The number of benzene rings is 4. The van der Waals surface area contributed by atoms with Crippen LogP contribution < -0.4 is 0 Å². The van der Waals surface area contributed by atoms with Crippen molar-refractivity contribution in [2.24, 2.45) is 7.05 Å². The average Bonchev–Trinajstić information content (AvgIpc) is 3.27. The Morgan fingerprint density at radius 3 is 2.17 bits per heavy atom. The standard InChI is InChI=1S/C28H24N2/c1-3-30-25-13-7-4-10-21(25)23-18-19(15-16-26(23)30)17-20-9-8-14-27-28(20)22-11-5-6-12-24(22)29(27)2/h4-16,18H,3,17H2,1-2H3. The van der Waals surface area contributed by atoms with Gasteiger partial charge in [-0.15, -0.1) is 0 Å². The maximum atomic E-state index is 2.42. The molecule has 2 heteroatoms. The summed E-state index contributed by atoms with van der Waals surface area (Å²) in [5.41, 5.74) is 8.00. The van der Waals surface area contributed by atoms with Gasteiger partial charge in [0.2, 0.25) is 0 Å². The van der Waals surface area contributed by atoms with Crippen LogP contribution in [-0.2, 0) is 20.0 Å². The number of aryl methyl sites for hydroxylation is 2. The zero-order chi connectivity index (χ0) is 20.2. The van der Waals surface area contributed by atoms with Gasteiger partial charge in [0.25, 0.3) is 0 Å². The van der Waals surface area contributed by atoms with Crippen molar-refractivity contribution in [1.29, 1.82) is 0 Å². The maximum Gasteiger partial charge on any atom is 0.0491 e. The highest BCUT2D eigenvalue weighted by Gasteiger charge is 2.13. The third-order valence-electron chi connectivity index (χ3n) is 6.57. The third kappa shape index (κ3) is 2.37. The quantitative estimate of drug-likeness (QED) is 0.307. The van der Waals surface area contributed by atoms with Crippen molar-refractivity contribution in [2.75, 3.05) is 0 Å². The van der Waals surface area contributed by atoms with Crippen LogP contribution in [0.25, 0.3) is 43.6 Å². The van der Waals surface area contributed by atoms with Gasteiger partial charge in [0.05, 0.1) is 0 Å². The monoisotopic (exact) mass is 388 g/mol. The van der Waals surface area contributed by atoms with Crippen molar-refractivity contribution in [3.63, 3.8) is 0 Å². The van der Waals surface area contributed by atoms with Crippen LogP contribution in [0.3, 0.4) is 0 Å². The molecule has 2 nitrogen and oxygen atoms in total. The number of nitrogens with zero attached hydrogens (tertiary/aromatic N) is 2. The topological polar surface area (TPSA) is 9.86 Å². The number of para-hydroxylation sites is 2. The lowest BCUT2D eigenvalue weighted by Gasteiger charge is -2.07. The molecule has 0 N–H and O–H groups in total. The summed E-state index contributed by atoms with van der Waals surface area (Å²) in [7, 11) is 2.17. The number of hydrogen-bond acceptors (Lipinski definition) is 0. The second-order valence-corrected chi connectivity index (χ2v) is 8.18. The summed E-state index contributed by atoms with van der Waals surface area (Å²) in [5, 5.41) is 5.43. The van der Waals surface area contributed by atoms with E-state index >= 15 is 0 Å². The Morgan fingerprint density at radius 2 is 1.33 bits per heavy atom. The SMILES string of the molecule is CCn1c2ccccc2c2cc(Cc3cccc4c3c3ccccc3n4C)ccc21. The van der Waals surface area contributed by atoms with Gasteiger partial charge < -0.3 is 9.13 Å². The zero-order valence-corrected chi connectivity index (χ0v) is 17.4. The van der Waals surface area contributed by atoms with E-state index in [2.05, 4.69) is 108 Å². The molecule has 30 heavy (non-hydrogen) atoms. The van der Waals surface area contributed by atoms with Gasteiger partial charge in [-0.3, -0.25) is 0 Å². The molecule has 0 spiro atoms. The van der Waals surface area contributed by atoms with Crippen molar-refractivity contribution in [3.8, 4) is 0 Å². The first kappa shape index (κ1) is 17.3. The molecular formula is C28H24N2. The van der Waals surface area contributed by atoms with Crippen LogP contribution in [0.1, 0.15) is 18.1 Å². The molecule has 0 saturated carbocycles. The maximum absolute atomic E-state index is 2.42. The van der Waals surface area contributed by atoms with E-state index in [-0.39, 0.29) is 0 Å². The van der Waals surface area contributed by atoms with E-state index in [1.807, 2.05) is 0 Å². The van der Waals surface area contributed by atoms with Crippen molar-refractivity contribution in [3.05, 3.63) is 96.1 Å². The molecule has 0 bridgehead atoms. The highest BCUT2D eigenvalue weighted by atomic mass is 15.0. The van der Waals surface area contributed by atoms with Gasteiger partial charge in [0.15, 0.2) is 0 Å². The lowest BCUT2D eigenvalue weighted by molar-refractivity contribution is 0.827. The van der Waals surface area contributed by atoms with Crippen LogP contribution in [0.4, 0.5) is 0 Å². The molecule has 0 aliphatic rings. The summed E-state index contributed by atoms with van der Waals surface area (Å²) in [6.45, 7) is 3.21. The van der Waals surface area contributed by atoms with Gasteiger partial charge in [-0.2, -0.15) is 0 Å². The lowest BCUT2D eigenvalue weighted by Crippen LogP contribution is -1.94. The fourth-order valence-electron chi connectivity index (χ4n) is 5.20. The van der Waals surface area contributed by atoms with Gasteiger partial charge in [-0.1, -0.05) is 54.6 Å². The highest BCUT2D eigenvalue weighted by molar-refractivity contribution is 6.10. The lowest BCUT2D eigenvalue weighted by atomic mass is 9.98. The van der Waals surface area contributed by atoms with Crippen LogP contribution in [0, 0.1) is 0 Å². The molecule has 6 aromatic rings. The smallest absolute Gasteiger partial charge is 0.0491 e. The summed E-state index contributed by atoms with van der Waals surface area (Å²) in [6.07, 6.45) is 0.937. The number of hydrogen-bond donors (Lipinski definition) is 0. The Morgan fingerprint density at radius 1 is 0.633 bits per heavy atom. The van der Waals surface area contributed by atoms with Gasteiger partial charge in [-0.25, -0.2) is 0 Å². The number of rotatable bonds is 3. The molecule has 0 amide bonds. The van der Waals surface area contributed by atoms with Gasteiger partial charge in [0.1, 0.15) is 0 Å². The number of aromatic nitrogens is 2. The van der Waals surface area contributed by atoms with Crippen molar-refractivity contribution < 1.29 is 0 Å². The summed E-state index contributed by atoms with van der Waals surface area (Å²) >= 11 is 0.